The molecule has 1 aromatic heterocycles. The van der Waals surface area contributed by atoms with Crippen molar-refractivity contribution in [2.24, 2.45) is 11.8 Å². The number of carbonyl (C=O) groups excluding carboxylic acids is 1. The molecule has 0 radical (unpaired) electrons. The monoisotopic (exact) mass is 469 g/mol. The average Bonchev–Trinajstić information content (AvgIpc) is 3.33. The molecule has 2 aliphatic carbocycles. The lowest BCUT2D eigenvalue weighted by Gasteiger charge is -2.45. The van der Waals surface area contributed by atoms with Gasteiger partial charge in [-0.25, -0.2) is 9.53 Å². The number of hydrogen-bond acceptors (Lipinski definition) is 2. The van der Waals surface area contributed by atoms with Crippen LogP contribution in [0.5, 0.6) is 0 Å². The Hall–Kier alpha value is -4.23. The summed E-state index contributed by atoms with van der Waals surface area (Å²) in [5, 5.41) is 5.19. The van der Waals surface area contributed by atoms with E-state index in [4.69, 9.17) is 11.7 Å². The van der Waals surface area contributed by atoms with Crippen LogP contribution in [0.15, 0.2) is 96.7 Å². The Balaban J connectivity index is 1.57. The van der Waals surface area contributed by atoms with Crippen LogP contribution in [-0.4, -0.2) is 15.6 Å². The van der Waals surface area contributed by atoms with E-state index in [2.05, 4.69) is 65.0 Å². The van der Waals surface area contributed by atoms with Crippen molar-refractivity contribution in [2.75, 3.05) is 0 Å². The minimum absolute atomic E-state index is 0.0301. The zero-order chi connectivity index (χ0) is 24.9. The van der Waals surface area contributed by atoms with Gasteiger partial charge in [0.1, 0.15) is 0 Å². The minimum Gasteiger partial charge on any atom is -0.308 e. The van der Waals surface area contributed by atoms with Gasteiger partial charge in [0.2, 0.25) is 5.70 Å². The molecule has 4 nitrogen and oxygen atoms in total. The second-order valence-electron chi connectivity index (χ2n) is 10.1. The normalized spacial score (nSPS) is 22.8. The largest absolute Gasteiger partial charge is 0.308 e. The Bertz CT molecular complexity index is 1520. The predicted octanol–water partition coefficient (Wildman–Crippen LogP) is 7.05. The molecule has 0 unspecified atom stereocenters. The highest BCUT2D eigenvalue weighted by Gasteiger charge is 2.50. The second-order valence-corrected chi connectivity index (χ2v) is 10.1. The van der Waals surface area contributed by atoms with Crippen LogP contribution in [0.25, 0.3) is 32.9 Å². The third kappa shape index (κ3) is 3.35. The SMILES string of the molecule is [C-]#[N+]C1=C[C@@]2(C)c3c(c(-c4ccccc4)nn3-c3ccc(-c4ccccc4)cc3)CC[C@@H]2[C@@H](C)C1=O. The Morgan fingerprint density at radius 3 is 2.17 bits per heavy atom. The summed E-state index contributed by atoms with van der Waals surface area (Å²) in [4.78, 5) is 16.5. The van der Waals surface area contributed by atoms with Crippen LogP contribution >= 0.6 is 0 Å². The highest BCUT2D eigenvalue weighted by atomic mass is 16.1. The molecule has 6 rings (SSSR count). The quantitative estimate of drug-likeness (QED) is 0.302. The molecule has 0 N–H and O–H groups in total. The van der Waals surface area contributed by atoms with E-state index in [0.29, 0.717) is 0 Å². The molecule has 176 valence electrons. The number of benzene rings is 3. The topological polar surface area (TPSA) is 39.2 Å². The van der Waals surface area contributed by atoms with Crippen molar-refractivity contribution in [3.8, 4) is 28.1 Å². The molecule has 1 heterocycles. The predicted molar refractivity (Wildman–Crippen MR) is 142 cm³/mol. The lowest BCUT2D eigenvalue weighted by Crippen LogP contribution is -2.46. The van der Waals surface area contributed by atoms with E-state index >= 15 is 0 Å². The fourth-order valence-corrected chi connectivity index (χ4v) is 6.26. The van der Waals surface area contributed by atoms with Crippen molar-refractivity contribution < 1.29 is 4.79 Å². The van der Waals surface area contributed by atoms with E-state index in [9.17, 15) is 4.79 Å². The molecule has 2 aliphatic rings. The first-order valence-electron chi connectivity index (χ1n) is 12.5. The molecule has 4 aromatic rings. The van der Waals surface area contributed by atoms with Crippen molar-refractivity contribution in [3.05, 3.63) is 119 Å². The van der Waals surface area contributed by atoms with Crippen LogP contribution in [0.4, 0.5) is 0 Å². The smallest absolute Gasteiger partial charge is 0.226 e. The Morgan fingerprint density at radius 1 is 0.917 bits per heavy atom. The van der Waals surface area contributed by atoms with Crippen LogP contribution in [-0.2, 0) is 16.6 Å². The maximum Gasteiger partial charge on any atom is 0.226 e. The highest BCUT2D eigenvalue weighted by Crippen LogP contribution is 2.52. The molecule has 0 saturated heterocycles. The van der Waals surface area contributed by atoms with Crippen molar-refractivity contribution in [3.63, 3.8) is 0 Å². The van der Waals surface area contributed by atoms with Crippen LogP contribution in [0.2, 0.25) is 0 Å². The summed E-state index contributed by atoms with van der Waals surface area (Å²) in [7, 11) is 0. The Morgan fingerprint density at radius 2 is 1.53 bits per heavy atom. The molecular weight excluding hydrogens is 442 g/mol. The Labute approximate surface area is 211 Å². The molecule has 0 aliphatic heterocycles. The van der Waals surface area contributed by atoms with Gasteiger partial charge in [-0.05, 0) is 42.0 Å². The number of aromatic nitrogens is 2. The molecule has 0 spiro atoms. The van der Waals surface area contributed by atoms with Crippen molar-refractivity contribution in [1.82, 2.24) is 9.78 Å². The van der Waals surface area contributed by atoms with Crippen molar-refractivity contribution in [1.29, 1.82) is 0 Å². The molecule has 0 amide bonds. The van der Waals surface area contributed by atoms with E-state index in [-0.39, 0.29) is 23.3 Å². The van der Waals surface area contributed by atoms with Gasteiger partial charge in [-0.2, -0.15) is 5.10 Å². The first kappa shape index (κ1) is 22.2. The minimum atomic E-state index is -0.459. The van der Waals surface area contributed by atoms with Gasteiger partial charge in [0.15, 0.2) is 5.78 Å². The molecule has 3 aromatic carbocycles. The van der Waals surface area contributed by atoms with Gasteiger partial charge in [0.25, 0.3) is 0 Å². The van der Waals surface area contributed by atoms with Crippen LogP contribution in [0.1, 0.15) is 31.5 Å². The van der Waals surface area contributed by atoms with E-state index < -0.39 is 5.41 Å². The van der Waals surface area contributed by atoms with Gasteiger partial charge < -0.3 is 4.79 Å². The summed E-state index contributed by atoms with van der Waals surface area (Å²) in [6.07, 6.45) is 3.69. The van der Waals surface area contributed by atoms with Gasteiger partial charge in [0, 0.05) is 22.5 Å². The molecule has 0 saturated carbocycles. The van der Waals surface area contributed by atoms with Crippen LogP contribution < -0.4 is 0 Å². The number of Topliss-reactive ketones (excluding diaryl/α,β-unsaturated/α-hetero) is 1. The molecular formula is C32H27N3O. The van der Waals surface area contributed by atoms with Gasteiger partial charge in [-0.1, -0.05) is 92.7 Å². The summed E-state index contributed by atoms with van der Waals surface area (Å²) in [6.45, 7) is 11.8. The van der Waals surface area contributed by atoms with Gasteiger partial charge in [0.05, 0.1) is 23.6 Å². The third-order valence-electron chi connectivity index (χ3n) is 8.06. The first-order chi connectivity index (χ1) is 17.5. The van der Waals surface area contributed by atoms with E-state index in [0.717, 1.165) is 41.0 Å². The summed E-state index contributed by atoms with van der Waals surface area (Å²) < 4.78 is 2.07. The number of allylic oxidation sites excluding steroid dienone is 2. The third-order valence-corrected chi connectivity index (χ3v) is 8.06. The van der Waals surface area contributed by atoms with E-state index in [1.165, 1.54) is 11.1 Å². The maximum atomic E-state index is 12.9. The zero-order valence-electron chi connectivity index (χ0n) is 20.5. The number of carbonyl (C=O) groups is 1. The molecule has 3 atom stereocenters. The van der Waals surface area contributed by atoms with E-state index in [1.807, 2.05) is 49.4 Å². The summed E-state index contributed by atoms with van der Waals surface area (Å²) in [5.41, 5.74) is 7.50. The summed E-state index contributed by atoms with van der Waals surface area (Å²) in [5.74, 6) is -0.0932. The van der Waals surface area contributed by atoms with Crippen molar-refractivity contribution in [2.45, 2.75) is 32.1 Å². The molecule has 4 heteroatoms. The molecule has 0 bridgehead atoms. The average molecular weight is 470 g/mol. The summed E-state index contributed by atoms with van der Waals surface area (Å²) >= 11 is 0. The summed E-state index contributed by atoms with van der Waals surface area (Å²) in [6, 6.07) is 29.2. The molecule has 0 fully saturated rings. The van der Waals surface area contributed by atoms with Gasteiger partial charge >= 0.3 is 0 Å². The fraction of sp³-hybridized carbons (Fsp3) is 0.219. The highest BCUT2D eigenvalue weighted by molar-refractivity contribution is 6.00. The lowest BCUT2D eigenvalue weighted by atomic mass is 9.58. The van der Waals surface area contributed by atoms with Crippen LogP contribution in [0.3, 0.4) is 0 Å². The number of hydrogen-bond donors (Lipinski definition) is 0. The number of ketones is 1. The van der Waals surface area contributed by atoms with Gasteiger partial charge in [-0.3, -0.25) is 0 Å². The first-order valence-corrected chi connectivity index (χ1v) is 12.5. The molecule has 36 heavy (non-hydrogen) atoms. The number of fused-ring (bicyclic) bond motifs is 3. The lowest BCUT2D eigenvalue weighted by molar-refractivity contribution is -0.121. The Kier molecular flexibility index (Phi) is 5.23. The van der Waals surface area contributed by atoms with E-state index in [1.54, 1.807) is 0 Å². The van der Waals surface area contributed by atoms with Gasteiger partial charge in [-0.15, -0.1) is 0 Å². The van der Waals surface area contributed by atoms with Crippen molar-refractivity contribution >= 4 is 5.78 Å². The number of nitrogens with zero attached hydrogens (tertiary/aromatic N) is 3. The zero-order valence-corrected chi connectivity index (χ0v) is 20.5. The number of rotatable bonds is 3. The van der Waals surface area contributed by atoms with Crippen LogP contribution in [0, 0.1) is 18.4 Å². The fourth-order valence-electron chi connectivity index (χ4n) is 6.26. The second kappa shape index (κ2) is 8.46. The standard InChI is InChI=1S/C32H27N3O/c1-21-27-19-18-26-29(24-12-8-5-9-13-24)34-35(31(26)32(27,2)20-28(33-3)30(21)36)25-16-14-23(15-17-25)22-10-6-4-7-11-22/h4-17,20-21,27H,18-19H2,1-2H3/t21-,27-,32-/m1/s1. The maximum absolute atomic E-state index is 12.9.